The molecule has 1 amide bonds. The minimum atomic E-state index is -3.11. The van der Waals surface area contributed by atoms with Crippen LogP contribution in [-0.2, 0) is 9.84 Å². The fraction of sp³-hybridized carbons (Fsp3) is 0.500. The molecule has 0 radical (unpaired) electrons. The lowest BCUT2D eigenvalue weighted by molar-refractivity contribution is 0.0909. The largest absolute Gasteiger partial charge is 0.497 e. The number of aliphatic hydroxyl groups is 1. The Kier molecular flexibility index (Phi) is 7.43. The summed E-state index contributed by atoms with van der Waals surface area (Å²) in [7, 11) is -1.53. The lowest BCUT2D eigenvalue weighted by atomic mass is 10.1. The summed E-state index contributed by atoms with van der Waals surface area (Å²) in [6.45, 7) is -0.154. The molecule has 2 aromatic rings. The maximum absolute atomic E-state index is 12.8. The number of amides is 1. The van der Waals surface area contributed by atoms with Gasteiger partial charge in [0.2, 0.25) is 0 Å². The average Bonchev–Trinajstić information content (AvgIpc) is 3.34. The highest BCUT2D eigenvalue weighted by Crippen LogP contribution is 2.31. The number of methoxy groups -OCH3 is 1. The predicted octanol–water partition coefficient (Wildman–Crippen LogP) is 1.76. The van der Waals surface area contributed by atoms with Gasteiger partial charge in [-0.25, -0.2) is 8.42 Å². The van der Waals surface area contributed by atoms with Gasteiger partial charge < -0.3 is 15.2 Å². The predicted molar refractivity (Wildman–Crippen MR) is 118 cm³/mol. The van der Waals surface area contributed by atoms with Crippen LogP contribution in [0.15, 0.2) is 30.3 Å². The Morgan fingerprint density at radius 2 is 2.13 bits per heavy atom. The number of rotatable bonds is 9. The molecule has 2 heterocycles. The van der Waals surface area contributed by atoms with Crippen LogP contribution >= 0.6 is 11.8 Å². The summed E-state index contributed by atoms with van der Waals surface area (Å²) in [5.74, 6) is 1.25. The van der Waals surface area contributed by atoms with Crippen molar-refractivity contribution in [1.29, 1.82) is 0 Å². The van der Waals surface area contributed by atoms with Crippen LogP contribution in [0.4, 0.5) is 0 Å². The number of sulfone groups is 1. The third-order valence-electron chi connectivity index (χ3n) is 5.13. The van der Waals surface area contributed by atoms with Gasteiger partial charge >= 0.3 is 0 Å². The molecule has 0 bridgehead atoms. The molecule has 164 valence electrons. The van der Waals surface area contributed by atoms with Gasteiger partial charge in [-0.15, -0.1) is 0 Å². The summed E-state index contributed by atoms with van der Waals surface area (Å²) in [4.78, 5) is 12.8. The summed E-state index contributed by atoms with van der Waals surface area (Å²) in [6, 6.07) is 8.32. The van der Waals surface area contributed by atoms with E-state index in [4.69, 9.17) is 4.74 Å². The summed E-state index contributed by atoms with van der Waals surface area (Å²) < 4.78 is 30.9. The van der Waals surface area contributed by atoms with Crippen LogP contribution in [0.5, 0.6) is 5.75 Å². The van der Waals surface area contributed by atoms with Crippen molar-refractivity contribution in [3.8, 4) is 17.0 Å². The third-order valence-corrected chi connectivity index (χ3v) is 7.53. The number of hydrogen-bond donors (Lipinski definition) is 2. The van der Waals surface area contributed by atoms with E-state index in [0.717, 1.165) is 11.3 Å². The number of thioether (sulfide) groups is 1. The summed E-state index contributed by atoms with van der Waals surface area (Å²) in [5.41, 5.74) is 1.69. The van der Waals surface area contributed by atoms with Crippen molar-refractivity contribution in [2.45, 2.75) is 24.9 Å². The quantitative estimate of drug-likeness (QED) is 0.595. The first-order valence-electron chi connectivity index (χ1n) is 9.72. The minimum Gasteiger partial charge on any atom is -0.497 e. The zero-order valence-electron chi connectivity index (χ0n) is 17.1. The van der Waals surface area contributed by atoms with Gasteiger partial charge in [-0.3, -0.25) is 9.48 Å². The molecule has 1 saturated heterocycles. The van der Waals surface area contributed by atoms with Crippen LogP contribution in [0.3, 0.4) is 0 Å². The molecule has 10 heteroatoms. The Hall–Kier alpha value is -2.04. The number of aromatic nitrogens is 2. The fourth-order valence-corrected chi connectivity index (χ4v) is 5.67. The van der Waals surface area contributed by atoms with E-state index < -0.39 is 9.84 Å². The van der Waals surface area contributed by atoms with Crippen molar-refractivity contribution in [2.24, 2.45) is 0 Å². The van der Waals surface area contributed by atoms with E-state index in [0.29, 0.717) is 24.3 Å². The van der Waals surface area contributed by atoms with Crippen molar-refractivity contribution in [3.05, 3.63) is 36.0 Å². The molecular formula is C20H27N3O5S2. The number of carbonyl (C=O) groups is 1. The Morgan fingerprint density at radius 3 is 2.70 bits per heavy atom. The maximum atomic E-state index is 12.8. The zero-order chi connectivity index (χ0) is 21.7. The number of nitrogens with zero attached hydrogens (tertiary/aromatic N) is 2. The van der Waals surface area contributed by atoms with Crippen molar-refractivity contribution < 1.29 is 23.1 Å². The molecular weight excluding hydrogens is 426 g/mol. The van der Waals surface area contributed by atoms with Gasteiger partial charge in [-0.2, -0.15) is 16.9 Å². The summed E-state index contributed by atoms with van der Waals surface area (Å²) >= 11 is 1.64. The van der Waals surface area contributed by atoms with E-state index in [1.54, 1.807) is 29.6 Å². The van der Waals surface area contributed by atoms with Crippen molar-refractivity contribution in [2.75, 3.05) is 37.2 Å². The van der Waals surface area contributed by atoms with Gasteiger partial charge in [0.25, 0.3) is 5.91 Å². The highest BCUT2D eigenvalue weighted by molar-refractivity contribution is 7.98. The molecule has 1 aromatic heterocycles. The smallest absolute Gasteiger partial charge is 0.272 e. The summed E-state index contributed by atoms with van der Waals surface area (Å²) in [5, 5.41) is 16.8. The van der Waals surface area contributed by atoms with Crippen molar-refractivity contribution in [3.63, 3.8) is 0 Å². The van der Waals surface area contributed by atoms with E-state index in [1.165, 1.54) is 0 Å². The normalized spacial score (nSPS) is 18.8. The molecule has 0 unspecified atom stereocenters. The molecule has 0 saturated carbocycles. The molecule has 1 aliphatic rings. The molecule has 8 nitrogen and oxygen atoms in total. The molecule has 2 atom stereocenters. The minimum absolute atomic E-state index is 0.00584. The van der Waals surface area contributed by atoms with Crippen LogP contribution in [0.1, 0.15) is 29.4 Å². The Bertz CT molecular complexity index is 973. The first kappa shape index (κ1) is 22.6. The van der Waals surface area contributed by atoms with E-state index in [1.807, 2.05) is 30.5 Å². The van der Waals surface area contributed by atoms with E-state index >= 15 is 0 Å². The molecule has 1 aromatic carbocycles. The SMILES string of the molecule is COc1ccc(-c2cc(C(=O)N[C@@H](CO)CCSC)nn2[C@@H]2CCS(=O)(=O)C2)cc1. The molecule has 0 aliphatic carbocycles. The van der Waals surface area contributed by atoms with Crippen LogP contribution in [-0.4, -0.2) is 72.5 Å². The van der Waals surface area contributed by atoms with Crippen molar-refractivity contribution in [1.82, 2.24) is 15.1 Å². The van der Waals surface area contributed by atoms with Gasteiger partial charge in [0.1, 0.15) is 5.75 Å². The summed E-state index contributed by atoms with van der Waals surface area (Å²) in [6.07, 6.45) is 3.08. The van der Waals surface area contributed by atoms with Crippen LogP contribution < -0.4 is 10.1 Å². The Morgan fingerprint density at radius 1 is 1.40 bits per heavy atom. The lowest BCUT2D eigenvalue weighted by Crippen LogP contribution is -2.38. The van der Waals surface area contributed by atoms with E-state index in [9.17, 15) is 18.3 Å². The molecule has 1 fully saturated rings. The van der Waals surface area contributed by atoms with Crippen LogP contribution in [0.2, 0.25) is 0 Å². The Balaban J connectivity index is 1.92. The number of nitrogens with one attached hydrogen (secondary N) is 1. The first-order valence-corrected chi connectivity index (χ1v) is 12.9. The van der Waals surface area contributed by atoms with Gasteiger partial charge in [-0.1, -0.05) is 0 Å². The average molecular weight is 454 g/mol. The van der Waals surface area contributed by atoms with Crippen LogP contribution in [0.25, 0.3) is 11.3 Å². The van der Waals surface area contributed by atoms with Crippen molar-refractivity contribution >= 4 is 27.5 Å². The van der Waals surface area contributed by atoms with Crippen LogP contribution in [0, 0.1) is 0 Å². The number of hydrogen-bond acceptors (Lipinski definition) is 7. The number of benzene rings is 1. The van der Waals surface area contributed by atoms with E-state index in [-0.39, 0.29) is 41.8 Å². The first-order chi connectivity index (χ1) is 14.4. The highest BCUT2D eigenvalue weighted by Gasteiger charge is 2.32. The Labute approximate surface area is 180 Å². The van der Waals surface area contributed by atoms with Gasteiger partial charge in [-0.05, 0) is 55.2 Å². The molecule has 0 spiro atoms. The topological polar surface area (TPSA) is 111 Å². The third kappa shape index (κ3) is 5.35. The molecule has 3 rings (SSSR count). The second-order valence-electron chi connectivity index (χ2n) is 7.28. The number of ether oxygens (including phenoxy) is 1. The molecule has 2 N–H and O–H groups in total. The fourth-order valence-electron chi connectivity index (χ4n) is 3.46. The number of aliphatic hydroxyl groups excluding tert-OH is 1. The number of carbonyl (C=O) groups excluding carboxylic acids is 1. The second kappa shape index (κ2) is 9.84. The van der Waals surface area contributed by atoms with Gasteiger partial charge in [0.15, 0.2) is 15.5 Å². The second-order valence-corrected chi connectivity index (χ2v) is 10.5. The van der Waals surface area contributed by atoms with Gasteiger partial charge in [0.05, 0.1) is 43.0 Å². The zero-order valence-corrected chi connectivity index (χ0v) is 18.7. The standard InChI is InChI=1S/C20H27N3O5S2/c1-28-17-5-3-14(4-6-17)19-11-18(20(25)21-15(12-24)7-9-29-2)22-23(19)16-8-10-30(26,27)13-16/h3-6,11,15-16,24H,7-10,12-13H2,1-2H3,(H,21,25)/t15-,16-/m1/s1. The maximum Gasteiger partial charge on any atom is 0.272 e. The van der Waals surface area contributed by atoms with Gasteiger partial charge in [0, 0.05) is 5.56 Å². The monoisotopic (exact) mass is 453 g/mol. The lowest BCUT2D eigenvalue weighted by Gasteiger charge is -2.15. The highest BCUT2D eigenvalue weighted by atomic mass is 32.2. The molecule has 1 aliphatic heterocycles. The van der Waals surface area contributed by atoms with E-state index in [2.05, 4.69) is 10.4 Å². The molecule has 30 heavy (non-hydrogen) atoms.